The molecule has 0 aliphatic carbocycles. The molecule has 0 spiro atoms. The van der Waals surface area contributed by atoms with E-state index < -0.39 is 12.0 Å². The Hall–Kier alpha value is -4.38. The molecular formula is C31H26N2O3. The number of hydrogen-bond donors (Lipinski definition) is 3. The van der Waals surface area contributed by atoms with Gasteiger partial charge in [-0.3, -0.25) is 4.79 Å². The molecular weight excluding hydrogens is 448 g/mol. The molecule has 0 radical (unpaired) electrons. The average molecular weight is 475 g/mol. The minimum atomic E-state index is -1.03. The summed E-state index contributed by atoms with van der Waals surface area (Å²) in [5.41, 5.74) is 3.05. The van der Waals surface area contributed by atoms with Crippen molar-refractivity contribution in [2.45, 2.75) is 31.7 Å². The summed E-state index contributed by atoms with van der Waals surface area (Å²) in [7, 11) is 0. The van der Waals surface area contributed by atoms with Crippen LogP contribution in [-0.2, 0) is 22.4 Å². The van der Waals surface area contributed by atoms with Gasteiger partial charge < -0.3 is 15.4 Å². The normalized spacial score (nSPS) is 12.6. The van der Waals surface area contributed by atoms with Gasteiger partial charge >= 0.3 is 5.97 Å². The molecule has 1 aromatic heterocycles. The number of para-hydroxylation sites is 1. The molecule has 0 aliphatic heterocycles. The Morgan fingerprint density at radius 2 is 1.50 bits per heavy atom. The molecule has 6 aromatic rings. The lowest BCUT2D eigenvalue weighted by molar-refractivity contribution is -0.141. The number of amides is 1. The van der Waals surface area contributed by atoms with Crippen molar-refractivity contribution in [2.75, 3.05) is 0 Å². The summed E-state index contributed by atoms with van der Waals surface area (Å²) in [6.45, 7) is 0. The number of rotatable bonds is 8. The van der Waals surface area contributed by atoms with Crippen LogP contribution in [0.2, 0.25) is 0 Å². The zero-order chi connectivity index (χ0) is 24.6. The number of hydrogen-bond acceptors (Lipinski definition) is 2. The quantitative estimate of drug-likeness (QED) is 0.230. The van der Waals surface area contributed by atoms with Crippen molar-refractivity contribution >= 4 is 55.1 Å². The minimum absolute atomic E-state index is 0.236. The minimum Gasteiger partial charge on any atom is -0.480 e. The van der Waals surface area contributed by atoms with E-state index in [0.717, 1.165) is 22.9 Å². The molecule has 1 atom stereocenters. The molecule has 36 heavy (non-hydrogen) atoms. The Morgan fingerprint density at radius 1 is 0.778 bits per heavy atom. The van der Waals surface area contributed by atoms with E-state index in [1.165, 1.54) is 37.9 Å². The summed E-state index contributed by atoms with van der Waals surface area (Å²) in [5, 5.41) is 20.9. The first kappa shape index (κ1) is 22.1. The van der Waals surface area contributed by atoms with Gasteiger partial charge in [0.15, 0.2) is 0 Å². The van der Waals surface area contributed by atoms with Crippen LogP contribution in [0.4, 0.5) is 0 Å². The number of H-pyrrole nitrogens is 1. The van der Waals surface area contributed by atoms with Crippen molar-refractivity contribution in [1.82, 2.24) is 10.3 Å². The number of carbonyl (C=O) groups is 2. The van der Waals surface area contributed by atoms with Crippen molar-refractivity contribution < 1.29 is 14.7 Å². The molecule has 0 saturated heterocycles. The maximum absolute atomic E-state index is 12.7. The third-order valence-electron chi connectivity index (χ3n) is 7.20. The first-order chi connectivity index (χ1) is 17.6. The van der Waals surface area contributed by atoms with E-state index in [9.17, 15) is 14.7 Å². The van der Waals surface area contributed by atoms with Gasteiger partial charge in [0.1, 0.15) is 6.04 Å². The first-order valence-electron chi connectivity index (χ1n) is 12.3. The van der Waals surface area contributed by atoms with Crippen LogP contribution < -0.4 is 5.32 Å². The first-order valence-corrected chi connectivity index (χ1v) is 12.3. The second-order valence-electron chi connectivity index (χ2n) is 9.46. The van der Waals surface area contributed by atoms with Crippen LogP contribution in [0, 0.1) is 0 Å². The molecule has 0 unspecified atom stereocenters. The number of aromatic nitrogens is 1. The van der Waals surface area contributed by atoms with E-state index in [2.05, 4.69) is 64.9 Å². The van der Waals surface area contributed by atoms with E-state index in [0.29, 0.717) is 6.42 Å². The standard InChI is InChI=1S/C31H26N2O3/c34-28(33-27(31(35)36)17-23-18-32-26-9-2-1-8-24(23)26)10-4-5-19-11-12-22-14-13-20-6-3-7-21-15-16-25(19)30(22)29(20)21/h1-3,6-9,11-16,18,27,32H,4-5,10,17H2,(H,33,34)(H,35,36)/t27-/m0/s1. The predicted octanol–water partition coefficient (Wildman–Crippen LogP) is 6.20. The number of fused-ring (bicyclic) bond motifs is 1. The molecule has 1 amide bonds. The number of carbonyl (C=O) groups excluding carboxylic acids is 1. The molecule has 0 bridgehead atoms. The van der Waals surface area contributed by atoms with Gasteiger partial charge in [-0.2, -0.15) is 0 Å². The van der Waals surface area contributed by atoms with Crippen molar-refractivity contribution in [3.63, 3.8) is 0 Å². The Balaban J connectivity index is 1.15. The fourth-order valence-electron chi connectivity index (χ4n) is 5.44. The lowest BCUT2D eigenvalue weighted by atomic mass is 9.90. The molecule has 5 aromatic carbocycles. The van der Waals surface area contributed by atoms with Crippen LogP contribution >= 0.6 is 0 Å². The van der Waals surface area contributed by atoms with Gasteiger partial charge in [0.25, 0.3) is 0 Å². The smallest absolute Gasteiger partial charge is 0.326 e. The van der Waals surface area contributed by atoms with E-state index in [1.54, 1.807) is 0 Å². The van der Waals surface area contributed by atoms with Gasteiger partial charge in [0.2, 0.25) is 5.91 Å². The third-order valence-corrected chi connectivity index (χ3v) is 7.20. The van der Waals surface area contributed by atoms with Crippen LogP contribution in [0.5, 0.6) is 0 Å². The van der Waals surface area contributed by atoms with Crippen molar-refractivity contribution in [1.29, 1.82) is 0 Å². The predicted molar refractivity (Wildman–Crippen MR) is 145 cm³/mol. The van der Waals surface area contributed by atoms with Crippen LogP contribution in [0.1, 0.15) is 24.0 Å². The SMILES string of the molecule is O=C(CCCc1ccc2ccc3cccc4ccc1c2c34)N[C@@H](Cc1c[nH]c2ccccc12)C(=O)O. The second-order valence-corrected chi connectivity index (χ2v) is 9.46. The van der Waals surface area contributed by atoms with Crippen LogP contribution in [-0.4, -0.2) is 28.0 Å². The highest BCUT2D eigenvalue weighted by Crippen LogP contribution is 2.36. The zero-order valence-electron chi connectivity index (χ0n) is 19.8. The lowest BCUT2D eigenvalue weighted by Crippen LogP contribution is -2.42. The molecule has 0 aliphatic rings. The molecule has 1 heterocycles. The highest BCUT2D eigenvalue weighted by atomic mass is 16.4. The summed E-state index contributed by atoms with van der Waals surface area (Å²) < 4.78 is 0. The highest BCUT2D eigenvalue weighted by molar-refractivity contribution is 6.23. The Morgan fingerprint density at radius 3 is 2.31 bits per heavy atom. The van der Waals surface area contributed by atoms with Crippen LogP contribution in [0.3, 0.4) is 0 Å². The Labute approximate surface area is 208 Å². The highest BCUT2D eigenvalue weighted by Gasteiger charge is 2.22. The number of carboxylic acid groups (broad SMARTS) is 1. The zero-order valence-corrected chi connectivity index (χ0v) is 19.8. The second kappa shape index (κ2) is 9.00. The van der Waals surface area contributed by atoms with E-state index >= 15 is 0 Å². The number of aliphatic carboxylic acids is 1. The number of aromatic amines is 1. The summed E-state index contributed by atoms with van der Waals surface area (Å²) in [6.07, 6.45) is 3.73. The molecule has 3 N–H and O–H groups in total. The van der Waals surface area contributed by atoms with E-state index in [4.69, 9.17) is 0 Å². The molecule has 6 rings (SSSR count). The number of carboxylic acids is 1. The number of benzene rings is 5. The van der Waals surface area contributed by atoms with E-state index in [1.807, 2.05) is 30.5 Å². The lowest BCUT2D eigenvalue weighted by Gasteiger charge is -2.15. The van der Waals surface area contributed by atoms with Crippen LogP contribution in [0.15, 0.2) is 85.1 Å². The average Bonchev–Trinajstić information content (AvgIpc) is 3.30. The number of nitrogens with one attached hydrogen (secondary N) is 2. The summed E-state index contributed by atoms with van der Waals surface area (Å²) in [5.74, 6) is -1.26. The van der Waals surface area contributed by atoms with Gasteiger partial charge in [-0.1, -0.05) is 72.8 Å². The summed E-state index contributed by atoms with van der Waals surface area (Å²) >= 11 is 0. The van der Waals surface area contributed by atoms with Crippen molar-refractivity contribution in [3.05, 3.63) is 96.2 Å². The van der Waals surface area contributed by atoms with Gasteiger partial charge in [0, 0.05) is 29.9 Å². The van der Waals surface area contributed by atoms with Crippen molar-refractivity contribution in [3.8, 4) is 0 Å². The molecule has 178 valence electrons. The molecule has 0 fully saturated rings. The number of aryl methyl sites for hydroxylation is 1. The summed E-state index contributed by atoms with van der Waals surface area (Å²) in [6, 6.07) is 26.2. The van der Waals surface area contributed by atoms with Gasteiger partial charge in [-0.25, -0.2) is 4.79 Å². The van der Waals surface area contributed by atoms with Gasteiger partial charge in [-0.15, -0.1) is 0 Å². The topological polar surface area (TPSA) is 82.2 Å². The largest absolute Gasteiger partial charge is 0.480 e. The molecule has 5 nitrogen and oxygen atoms in total. The maximum atomic E-state index is 12.7. The Bertz CT molecular complexity index is 1720. The van der Waals surface area contributed by atoms with Crippen molar-refractivity contribution in [2.24, 2.45) is 0 Å². The van der Waals surface area contributed by atoms with Gasteiger partial charge in [0.05, 0.1) is 0 Å². The van der Waals surface area contributed by atoms with Crippen LogP contribution in [0.25, 0.3) is 43.2 Å². The van der Waals surface area contributed by atoms with Gasteiger partial charge in [-0.05, 0) is 62.4 Å². The summed E-state index contributed by atoms with van der Waals surface area (Å²) in [4.78, 5) is 27.7. The fourth-order valence-corrected chi connectivity index (χ4v) is 5.44. The molecule has 0 saturated carbocycles. The molecule has 5 heteroatoms. The third kappa shape index (κ3) is 3.93. The van der Waals surface area contributed by atoms with E-state index in [-0.39, 0.29) is 18.7 Å². The fraction of sp³-hybridized carbons (Fsp3) is 0.161. The Kier molecular flexibility index (Phi) is 5.53. The maximum Gasteiger partial charge on any atom is 0.326 e. The monoisotopic (exact) mass is 474 g/mol.